The van der Waals surface area contributed by atoms with Gasteiger partial charge in [-0.2, -0.15) is 0 Å². The molecule has 1 saturated heterocycles. The fourth-order valence-electron chi connectivity index (χ4n) is 3.00. The van der Waals surface area contributed by atoms with E-state index >= 15 is 0 Å². The van der Waals surface area contributed by atoms with E-state index in [1.54, 1.807) is 0 Å². The zero-order valence-corrected chi connectivity index (χ0v) is 13.4. The van der Waals surface area contributed by atoms with Crippen LogP contribution in [0.2, 0.25) is 0 Å². The molecule has 1 heterocycles. The van der Waals surface area contributed by atoms with Gasteiger partial charge in [0.2, 0.25) is 0 Å². The summed E-state index contributed by atoms with van der Waals surface area (Å²) in [6, 6.07) is 4.05. The smallest absolute Gasteiger partial charge is 0.299 e. The predicted molar refractivity (Wildman–Crippen MR) is 87.7 cm³/mol. The van der Waals surface area contributed by atoms with Crippen LogP contribution in [0, 0.1) is 26.1 Å². The Hall–Kier alpha value is -2.22. The van der Waals surface area contributed by atoms with Gasteiger partial charge in [0.05, 0.1) is 15.9 Å². The van der Waals surface area contributed by atoms with E-state index in [1.807, 2.05) is 0 Å². The molecule has 0 saturated carbocycles. The van der Waals surface area contributed by atoms with Crippen molar-refractivity contribution in [1.29, 1.82) is 0 Å². The van der Waals surface area contributed by atoms with Crippen molar-refractivity contribution in [3.63, 3.8) is 0 Å². The van der Waals surface area contributed by atoms with Crippen molar-refractivity contribution in [3.8, 4) is 0 Å². The highest BCUT2D eigenvalue weighted by molar-refractivity contribution is 5.65. The molecule has 0 aromatic heterocycles. The molecule has 0 unspecified atom stereocenters. The summed E-state index contributed by atoms with van der Waals surface area (Å²) in [5, 5.41) is 25.0. The number of rotatable bonds is 7. The van der Waals surface area contributed by atoms with Crippen LogP contribution in [0.15, 0.2) is 18.2 Å². The molecule has 0 amide bonds. The summed E-state index contributed by atoms with van der Waals surface area (Å²) in [5.74, 6) is 0.573. The number of nitro benzene ring substituents is 2. The quantitative estimate of drug-likeness (QED) is 0.611. The molecule has 1 aliphatic rings. The maximum atomic E-state index is 11.1. The molecule has 1 fully saturated rings. The lowest BCUT2D eigenvalue weighted by atomic mass is 10.1. The Bertz CT molecular complexity index is 591. The van der Waals surface area contributed by atoms with Gasteiger partial charge in [-0.15, -0.1) is 0 Å². The number of nitrogens with one attached hydrogen (secondary N) is 1. The van der Waals surface area contributed by atoms with E-state index in [0.717, 1.165) is 32.0 Å². The van der Waals surface area contributed by atoms with Crippen molar-refractivity contribution >= 4 is 17.1 Å². The summed E-state index contributed by atoms with van der Waals surface area (Å²) in [7, 11) is 0. The van der Waals surface area contributed by atoms with E-state index in [1.165, 1.54) is 12.1 Å². The second-order valence-electron chi connectivity index (χ2n) is 6.28. The molecule has 1 N–H and O–H groups in total. The Morgan fingerprint density at radius 1 is 1.30 bits per heavy atom. The number of hydrogen-bond acceptors (Lipinski definition) is 6. The summed E-state index contributed by atoms with van der Waals surface area (Å²) in [4.78, 5) is 23.1. The lowest BCUT2D eigenvalue weighted by Gasteiger charge is -2.26. The number of non-ortho nitro benzene ring substituents is 1. The third kappa shape index (κ3) is 4.38. The van der Waals surface area contributed by atoms with Gasteiger partial charge in [-0.05, 0) is 31.4 Å². The molecule has 8 nitrogen and oxygen atoms in total. The lowest BCUT2D eigenvalue weighted by Crippen LogP contribution is -2.37. The molecule has 0 radical (unpaired) electrons. The molecule has 126 valence electrons. The first kappa shape index (κ1) is 17.1. The van der Waals surface area contributed by atoms with Crippen molar-refractivity contribution in [2.24, 2.45) is 5.92 Å². The number of hydrogen-bond donors (Lipinski definition) is 1. The van der Waals surface area contributed by atoms with Gasteiger partial charge in [0, 0.05) is 25.2 Å². The molecule has 2 rings (SSSR count). The molecule has 1 aliphatic heterocycles. The van der Waals surface area contributed by atoms with Crippen molar-refractivity contribution in [2.75, 3.05) is 25.0 Å². The highest BCUT2D eigenvalue weighted by atomic mass is 16.6. The summed E-state index contributed by atoms with van der Waals surface area (Å²) >= 11 is 0. The highest BCUT2D eigenvalue weighted by Crippen LogP contribution is 2.29. The van der Waals surface area contributed by atoms with Gasteiger partial charge in [0.15, 0.2) is 0 Å². The maximum absolute atomic E-state index is 11.1. The zero-order valence-electron chi connectivity index (χ0n) is 13.4. The average Bonchev–Trinajstić information content (AvgIpc) is 2.91. The van der Waals surface area contributed by atoms with Gasteiger partial charge in [0.1, 0.15) is 5.69 Å². The minimum atomic E-state index is -0.627. The highest BCUT2D eigenvalue weighted by Gasteiger charge is 2.26. The number of likely N-dealkylation sites (tertiary alicyclic amines) is 1. The van der Waals surface area contributed by atoms with Crippen molar-refractivity contribution in [1.82, 2.24) is 4.90 Å². The van der Waals surface area contributed by atoms with E-state index in [4.69, 9.17) is 0 Å². The molecular formula is C15H22N4O4. The number of benzene rings is 1. The van der Waals surface area contributed by atoms with Crippen LogP contribution >= 0.6 is 0 Å². The SMILES string of the molecule is CC(C)CN1CCC[C@@H]1CNc1ccc([N+](=O)[O-])cc1[N+](=O)[O-]. The van der Waals surface area contributed by atoms with Crippen LogP contribution in [0.5, 0.6) is 0 Å². The second kappa shape index (κ2) is 7.36. The summed E-state index contributed by atoms with van der Waals surface area (Å²) in [5.41, 5.74) is -0.200. The fourth-order valence-corrected chi connectivity index (χ4v) is 3.00. The lowest BCUT2D eigenvalue weighted by molar-refractivity contribution is -0.393. The fraction of sp³-hybridized carbons (Fsp3) is 0.600. The van der Waals surface area contributed by atoms with Gasteiger partial charge in [-0.25, -0.2) is 0 Å². The number of nitro groups is 2. The summed E-state index contributed by atoms with van der Waals surface area (Å²) in [6.45, 7) is 7.00. The van der Waals surface area contributed by atoms with E-state index in [9.17, 15) is 20.2 Å². The van der Waals surface area contributed by atoms with Crippen LogP contribution in [-0.2, 0) is 0 Å². The zero-order chi connectivity index (χ0) is 17.0. The third-order valence-corrected chi connectivity index (χ3v) is 4.02. The first-order chi connectivity index (χ1) is 10.9. The van der Waals surface area contributed by atoms with Crippen molar-refractivity contribution < 1.29 is 9.85 Å². The van der Waals surface area contributed by atoms with Crippen LogP contribution < -0.4 is 5.32 Å². The molecule has 0 aliphatic carbocycles. The van der Waals surface area contributed by atoms with Crippen LogP contribution in [-0.4, -0.2) is 40.4 Å². The van der Waals surface area contributed by atoms with Gasteiger partial charge in [0.25, 0.3) is 11.4 Å². The standard InChI is InChI=1S/C15H22N4O4/c1-11(2)10-17-7-3-4-13(17)9-16-14-6-5-12(18(20)21)8-15(14)19(22)23/h5-6,8,11,13,16H,3-4,7,9-10H2,1-2H3/t13-/m1/s1. The summed E-state index contributed by atoms with van der Waals surface area (Å²) < 4.78 is 0. The summed E-state index contributed by atoms with van der Waals surface area (Å²) in [6.07, 6.45) is 2.18. The number of anilines is 1. The molecule has 0 spiro atoms. The predicted octanol–water partition coefficient (Wildman–Crippen LogP) is 3.04. The largest absolute Gasteiger partial charge is 0.378 e. The monoisotopic (exact) mass is 322 g/mol. The molecule has 23 heavy (non-hydrogen) atoms. The Labute approximate surface area is 134 Å². The first-order valence-electron chi connectivity index (χ1n) is 7.79. The van der Waals surface area contributed by atoms with Gasteiger partial charge < -0.3 is 5.32 Å². The maximum Gasteiger partial charge on any atom is 0.299 e. The average molecular weight is 322 g/mol. The third-order valence-electron chi connectivity index (χ3n) is 4.02. The normalized spacial score (nSPS) is 18.3. The van der Waals surface area contributed by atoms with E-state index in [0.29, 0.717) is 24.2 Å². The Morgan fingerprint density at radius 3 is 2.65 bits per heavy atom. The van der Waals surface area contributed by atoms with Crippen LogP contribution in [0.25, 0.3) is 0 Å². The molecule has 1 aromatic carbocycles. The molecule has 1 atom stereocenters. The second-order valence-corrected chi connectivity index (χ2v) is 6.28. The molecule has 0 bridgehead atoms. The van der Waals surface area contributed by atoms with Crippen LogP contribution in [0.4, 0.5) is 17.1 Å². The first-order valence-corrected chi connectivity index (χ1v) is 7.79. The molecule has 1 aromatic rings. The Balaban J connectivity index is 2.08. The minimum Gasteiger partial charge on any atom is -0.378 e. The van der Waals surface area contributed by atoms with Gasteiger partial charge in [-0.3, -0.25) is 25.1 Å². The van der Waals surface area contributed by atoms with E-state index in [-0.39, 0.29) is 11.4 Å². The molecular weight excluding hydrogens is 300 g/mol. The Morgan fingerprint density at radius 2 is 2.04 bits per heavy atom. The Kier molecular flexibility index (Phi) is 5.49. The van der Waals surface area contributed by atoms with Gasteiger partial charge >= 0.3 is 0 Å². The van der Waals surface area contributed by atoms with E-state index < -0.39 is 9.85 Å². The number of nitrogens with zero attached hydrogens (tertiary/aromatic N) is 3. The van der Waals surface area contributed by atoms with Crippen molar-refractivity contribution in [3.05, 3.63) is 38.4 Å². The molecule has 8 heteroatoms. The van der Waals surface area contributed by atoms with Gasteiger partial charge in [-0.1, -0.05) is 13.8 Å². The van der Waals surface area contributed by atoms with E-state index in [2.05, 4.69) is 24.1 Å². The van der Waals surface area contributed by atoms with Crippen LogP contribution in [0.3, 0.4) is 0 Å². The van der Waals surface area contributed by atoms with Crippen LogP contribution in [0.1, 0.15) is 26.7 Å². The minimum absolute atomic E-state index is 0.257. The van der Waals surface area contributed by atoms with Crippen molar-refractivity contribution in [2.45, 2.75) is 32.7 Å². The topological polar surface area (TPSA) is 102 Å².